The highest BCUT2D eigenvalue weighted by molar-refractivity contribution is 7.89. The summed E-state index contributed by atoms with van der Waals surface area (Å²) in [6.07, 6.45) is 0. The van der Waals surface area contributed by atoms with Gasteiger partial charge in [-0.25, -0.2) is 16.8 Å². The number of nitro groups is 2. The minimum atomic E-state index is -4.73. The van der Waals surface area contributed by atoms with E-state index in [-0.39, 0.29) is 24.3 Å². The molecule has 0 aliphatic heterocycles. The molecule has 0 saturated carbocycles. The summed E-state index contributed by atoms with van der Waals surface area (Å²) in [6.45, 7) is 8.14. The molecule has 0 saturated heterocycles. The standard InChI is InChI=1S/C38H42N4O12S2/c1-7-53-37(43)35(27(3)4)39(55(49,50)33-23-13-11-21-31(33)41(45)46)25-15-19-29-17-9-10-18-30(29)20-16-26-40(36(28(5)6)38(44)54-8-2)56(51,52)34-24-14-12-22-32(34)42(47)48/h9-14,17-18,21-24,27-28,35-36H,7-8,25-26H2,1-6H3/t35-,36-/m0/s1. The van der Waals surface area contributed by atoms with E-state index >= 15 is 0 Å². The van der Waals surface area contributed by atoms with Crippen molar-refractivity contribution >= 4 is 43.4 Å². The summed E-state index contributed by atoms with van der Waals surface area (Å²) in [6, 6.07) is 13.0. The lowest BCUT2D eigenvalue weighted by Gasteiger charge is -2.30. The molecule has 0 fully saturated rings. The number of para-hydroxylation sites is 2. The van der Waals surface area contributed by atoms with Crippen molar-refractivity contribution in [2.45, 2.75) is 63.4 Å². The molecule has 0 aromatic heterocycles. The number of esters is 2. The fourth-order valence-corrected chi connectivity index (χ4v) is 9.14. The summed E-state index contributed by atoms with van der Waals surface area (Å²) in [5.41, 5.74) is -0.866. The molecule has 3 rings (SSSR count). The molecular formula is C38H42N4O12S2. The van der Waals surface area contributed by atoms with Crippen molar-refractivity contribution in [3.63, 3.8) is 0 Å². The lowest BCUT2D eigenvalue weighted by molar-refractivity contribution is -0.388. The molecule has 56 heavy (non-hydrogen) atoms. The minimum absolute atomic E-state index is 0.0577. The number of sulfonamides is 2. The van der Waals surface area contributed by atoms with Crippen molar-refractivity contribution in [1.29, 1.82) is 0 Å². The van der Waals surface area contributed by atoms with E-state index in [9.17, 15) is 46.7 Å². The SMILES string of the molecule is CCOC(=O)[C@H](C(C)C)N(CC#Cc1ccccc1C#CCN([C@H](C(=O)OCC)C(C)C)S(=O)(=O)c1ccccc1[N+](=O)[O-])S(=O)(=O)c1ccccc1[N+](=O)[O-]. The topological polar surface area (TPSA) is 214 Å². The Morgan fingerprint density at radius 2 is 0.946 bits per heavy atom. The number of carbonyl (C=O) groups is 2. The van der Waals surface area contributed by atoms with Crippen molar-refractivity contribution in [1.82, 2.24) is 8.61 Å². The first-order valence-electron chi connectivity index (χ1n) is 17.3. The van der Waals surface area contributed by atoms with Crippen LogP contribution < -0.4 is 0 Å². The number of nitro benzene ring substituents is 2. The number of hydrogen-bond acceptors (Lipinski definition) is 12. The quantitative estimate of drug-likeness (QED) is 0.0829. The maximum absolute atomic E-state index is 14.1. The predicted octanol–water partition coefficient (Wildman–Crippen LogP) is 4.76. The first-order chi connectivity index (χ1) is 26.4. The Balaban J connectivity index is 2.13. The zero-order valence-corrected chi connectivity index (χ0v) is 33.2. The third kappa shape index (κ3) is 10.5. The van der Waals surface area contributed by atoms with Crippen LogP contribution in [0.2, 0.25) is 0 Å². The second-order valence-electron chi connectivity index (χ2n) is 12.6. The van der Waals surface area contributed by atoms with Gasteiger partial charge in [-0.05, 0) is 49.9 Å². The highest BCUT2D eigenvalue weighted by Crippen LogP contribution is 2.31. The number of ether oxygens (including phenoxy) is 2. The lowest BCUT2D eigenvalue weighted by Crippen LogP contribution is -2.49. The van der Waals surface area contributed by atoms with Gasteiger partial charge >= 0.3 is 11.9 Å². The summed E-state index contributed by atoms with van der Waals surface area (Å²) < 4.78 is 68.1. The molecule has 298 valence electrons. The molecule has 0 spiro atoms. The van der Waals surface area contributed by atoms with Crippen molar-refractivity contribution in [3.8, 4) is 23.7 Å². The van der Waals surface area contributed by atoms with Crippen LogP contribution in [0, 0.1) is 55.7 Å². The Bertz CT molecular complexity index is 2130. The van der Waals surface area contributed by atoms with Gasteiger partial charge in [0.15, 0.2) is 9.79 Å². The highest BCUT2D eigenvalue weighted by atomic mass is 32.2. The maximum Gasteiger partial charge on any atom is 0.324 e. The summed E-state index contributed by atoms with van der Waals surface area (Å²) in [5.74, 6) is 8.11. The van der Waals surface area contributed by atoms with Crippen LogP contribution in [0.25, 0.3) is 0 Å². The van der Waals surface area contributed by atoms with Crippen LogP contribution in [0.1, 0.15) is 52.7 Å². The number of hydrogen-bond donors (Lipinski definition) is 0. The number of nitrogens with zero attached hydrogens (tertiary/aromatic N) is 4. The average molecular weight is 811 g/mol. The van der Waals surface area contributed by atoms with E-state index in [0.29, 0.717) is 0 Å². The normalized spacial score (nSPS) is 12.6. The fourth-order valence-electron chi connectivity index (χ4n) is 5.60. The highest BCUT2D eigenvalue weighted by Gasteiger charge is 2.42. The summed E-state index contributed by atoms with van der Waals surface area (Å²) >= 11 is 0. The van der Waals surface area contributed by atoms with E-state index < -0.39 is 100 Å². The zero-order chi connectivity index (χ0) is 41.8. The van der Waals surface area contributed by atoms with Gasteiger partial charge < -0.3 is 9.47 Å². The molecule has 3 aromatic carbocycles. The summed E-state index contributed by atoms with van der Waals surface area (Å²) in [7, 11) is -9.45. The van der Waals surface area contributed by atoms with Gasteiger partial charge in [0, 0.05) is 23.3 Å². The van der Waals surface area contributed by atoms with E-state index in [0.717, 1.165) is 32.9 Å². The molecule has 0 aliphatic rings. The van der Waals surface area contributed by atoms with E-state index in [4.69, 9.17) is 9.47 Å². The molecule has 16 nitrogen and oxygen atoms in total. The lowest BCUT2D eigenvalue weighted by atomic mass is 10.0. The van der Waals surface area contributed by atoms with E-state index in [2.05, 4.69) is 23.7 Å². The summed E-state index contributed by atoms with van der Waals surface area (Å²) in [4.78, 5) is 46.9. The molecule has 0 radical (unpaired) electrons. The van der Waals surface area contributed by atoms with Crippen LogP contribution in [0.5, 0.6) is 0 Å². The van der Waals surface area contributed by atoms with E-state index in [1.54, 1.807) is 65.8 Å². The van der Waals surface area contributed by atoms with Gasteiger partial charge in [-0.3, -0.25) is 29.8 Å². The molecule has 0 heterocycles. The Morgan fingerprint density at radius 1 is 0.625 bits per heavy atom. The molecule has 0 amide bonds. The van der Waals surface area contributed by atoms with Crippen LogP contribution in [-0.2, 0) is 39.1 Å². The molecule has 0 bridgehead atoms. The van der Waals surface area contributed by atoms with E-state index in [1.165, 1.54) is 24.3 Å². The zero-order valence-electron chi connectivity index (χ0n) is 31.6. The van der Waals surface area contributed by atoms with Gasteiger partial charge in [0.1, 0.15) is 12.1 Å². The van der Waals surface area contributed by atoms with E-state index in [1.807, 2.05) is 0 Å². The fraction of sp³-hybridized carbons (Fsp3) is 0.368. The van der Waals surface area contributed by atoms with Crippen LogP contribution in [0.15, 0.2) is 82.6 Å². The minimum Gasteiger partial charge on any atom is -0.465 e. The molecule has 0 aliphatic carbocycles. The van der Waals surface area contributed by atoms with Gasteiger partial charge in [0.2, 0.25) is 0 Å². The average Bonchev–Trinajstić information content (AvgIpc) is 3.14. The Morgan fingerprint density at radius 3 is 1.25 bits per heavy atom. The van der Waals surface area contributed by atoms with Gasteiger partial charge in [-0.2, -0.15) is 8.61 Å². The van der Waals surface area contributed by atoms with Gasteiger partial charge in [-0.15, -0.1) is 0 Å². The molecule has 0 N–H and O–H groups in total. The first kappa shape index (κ1) is 44.7. The Labute approximate surface area is 326 Å². The summed E-state index contributed by atoms with van der Waals surface area (Å²) in [5, 5.41) is 23.6. The van der Waals surface area contributed by atoms with Crippen LogP contribution in [0.4, 0.5) is 11.4 Å². The predicted molar refractivity (Wildman–Crippen MR) is 205 cm³/mol. The van der Waals surface area contributed by atoms with Crippen LogP contribution in [0.3, 0.4) is 0 Å². The monoisotopic (exact) mass is 810 g/mol. The Kier molecular flexibility index (Phi) is 15.8. The Hall–Kier alpha value is -5.66. The van der Waals surface area contributed by atoms with Gasteiger partial charge in [0.25, 0.3) is 31.4 Å². The second kappa shape index (κ2) is 19.8. The largest absolute Gasteiger partial charge is 0.465 e. The van der Waals surface area contributed by atoms with Crippen LogP contribution >= 0.6 is 0 Å². The van der Waals surface area contributed by atoms with Crippen molar-refractivity contribution in [2.75, 3.05) is 26.3 Å². The third-order valence-electron chi connectivity index (χ3n) is 8.08. The van der Waals surface area contributed by atoms with Crippen molar-refractivity contribution < 1.29 is 45.7 Å². The molecule has 3 aromatic rings. The van der Waals surface area contributed by atoms with Crippen LogP contribution in [-0.4, -0.2) is 85.6 Å². The molecule has 18 heteroatoms. The second-order valence-corrected chi connectivity index (χ2v) is 16.3. The van der Waals surface area contributed by atoms with Gasteiger partial charge in [0.05, 0.1) is 36.1 Å². The number of carbonyl (C=O) groups excluding carboxylic acids is 2. The number of rotatable bonds is 16. The smallest absolute Gasteiger partial charge is 0.324 e. The van der Waals surface area contributed by atoms with Crippen molar-refractivity contribution in [2.24, 2.45) is 11.8 Å². The number of benzene rings is 3. The third-order valence-corrected chi connectivity index (χ3v) is 11.8. The van der Waals surface area contributed by atoms with Gasteiger partial charge in [-0.1, -0.05) is 87.8 Å². The van der Waals surface area contributed by atoms with Crippen molar-refractivity contribution in [3.05, 3.63) is 104 Å². The molecular weight excluding hydrogens is 769 g/mol. The maximum atomic E-state index is 14.1. The molecule has 0 unspecified atom stereocenters. The molecule has 2 atom stereocenters. The first-order valence-corrected chi connectivity index (χ1v) is 20.2.